The quantitative estimate of drug-likeness (QED) is 0.787. The maximum Gasteiger partial charge on any atom is 0.160 e. The fourth-order valence-corrected chi connectivity index (χ4v) is 4.45. The Labute approximate surface area is 117 Å². The summed E-state index contributed by atoms with van der Waals surface area (Å²) in [7, 11) is 0. The molecule has 19 heavy (non-hydrogen) atoms. The van der Waals surface area contributed by atoms with Gasteiger partial charge in [-0.25, -0.2) is 0 Å². The highest BCUT2D eigenvalue weighted by atomic mass is 16.6. The number of hydrogen-bond acceptors (Lipinski definition) is 2. The van der Waals surface area contributed by atoms with E-state index in [9.17, 15) is 5.11 Å². The topological polar surface area (TPSA) is 29.5 Å². The molecule has 3 fully saturated rings. The molecule has 0 aliphatic heterocycles. The summed E-state index contributed by atoms with van der Waals surface area (Å²) in [5.41, 5.74) is -0.165. The number of aliphatic hydroxyl groups is 1. The number of rotatable bonds is 3. The van der Waals surface area contributed by atoms with E-state index >= 15 is 0 Å². The van der Waals surface area contributed by atoms with Gasteiger partial charge in [-0.3, -0.25) is 0 Å². The van der Waals surface area contributed by atoms with Crippen LogP contribution in [0.5, 0.6) is 0 Å². The predicted octanol–water partition coefficient (Wildman–Crippen LogP) is 3.83. The molecule has 1 N–H and O–H groups in total. The maximum absolute atomic E-state index is 10.5. The third kappa shape index (κ3) is 1.90. The first-order valence-corrected chi connectivity index (χ1v) is 8.07. The minimum atomic E-state index is -0.640. The molecule has 0 aromatic carbocycles. The summed E-state index contributed by atoms with van der Waals surface area (Å²) >= 11 is 0. The third-order valence-corrected chi connectivity index (χ3v) is 6.95. The second-order valence-corrected chi connectivity index (χ2v) is 8.73. The Bertz CT molecular complexity index is 355. The van der Waals surface area contributed by atoms with Gasteiger partial charge in [0.1, 0.15) is 0 Å². The molecule has 0 saturated heterocycles. The van der Waals surface area contributed by atoms with Gasteiger partial charge in [0.15, 0.2) is 6.29 Å². The minimum absolute atomic E-state index is 0.0467. The van der Waals surface area contributed by atoms with E-state index in [0.717, 1.165) is 23.7 Å². The smallest absolute Gasteiger partial charge is 0.160 e. The molecule has 0 bridgehead atoms. The number of aliphatic hydroxyl groups excluding tert-OH is 1. The molecule has 0 aromatic heterocycles. The van der Waals surface area contributed by atoms with Gasteiger partial charge < -0.3 is 9.84 Å². The van der Waals surface area contributed by atoms with Crippen molar-refractivity contribution in [3.63, 3.8) is 0 Å². The van der Waals surface area contributed by atoms with Crippen molar-refractivity contribution in [2.45, 2.75) is 72.7 Å². The van der Waals surface area contributed by atoms with E-state index in [1.165, 1.54) is 25.7 Å². The summed E-state index contributed by atoms with van der Waals surface area (Å²) in [5.74, 6) is 3.65. The average Bonchev–Trinajstić information content (AvgIpc) is 2.64. The molecule has 2 nitrogen and oxygen atoms in total. The van der Waals surface area contributed by atoms with Crippen molar-refractivity contribution in [3.8, 4) is 0 Å². The maximum atomic E-state index is 10.5. The van der Waals surface area contributed by atoms with Crippen LogP contribution >= 0.6 is 0 Å². The van der Waals surface area contributed by atoms with Gasteiger partial charge in [0.05, 0.1) is 6.10 Å². The van der Waals surface area contributed by atoms with Gasteiger partial charge in [-0.2, -0.15) is 0 Å². The molecule has 3 rings (SSSR count). The summed E-state index contributed by atoms with van der Waals surface area (Å²) in [6.07, 6.45) is 5.17. The van der Waals surface area contributed by atoms with Crippen molar-refractivity contribution in [2.75, 3.05) is 0 Å². The first kappa shape index (κ1) is 13.9. The van der Waals surface area contributed by atoms with Crippen LogP contribution in [-0.2, 0) is 4.74 Å². The van der Waals surface area contributed by atoms with Crippen LogP contribution in [0.15, 0.2) is 0 Å². The monoisotopic (exact) mass is 266 g/mol. The van der Waals surface area contributed by atoms with Crippen LogP contribution in [0.2, 0.25) is 0 Å². The van der Waals surface area contributed by atoms with Gasteiger partial charge in [-0.15, -0.1) is 0 Å². The zero-order valence-corrected chi connectivity index (χ0v) is 13.1. The number of fused-ring (bicyclic) bond motifs is 4. The molecular formula is C17H30O2. The lowest BCUT2D eigenvalue weighted by atomic mass is 9.46. The van der Waals surface area contributed by atoms with E-state index in [2.05, 4.69) is 34.6 Å². The van der Waals surface area contributed by atoms with Gasteiger partial charge in [0.25, 0.3) is 0 Å². The highest BCUT2D eigenvalue weighted by molar-refractivity contribution is 5.10. The van der Waals surface area contributed by atoms with Gasteiger partial charge in [-0.05, 0) is 48.3 Å². The lowest BCUT2D eigenvalue weighted by Gasteiger charge is -2.62. The zero-order valence-electron chi connectivity index (χ0n) is 13.1. The van der Waals surface area contributed by atoms with Crippen LogP contribution < -0.4 is 0 Å². The van der Waals surface area contributed by atoms with Crippen molar-refractivity contribution in [3.05, 3.63) is 0 Å². The number of ether oxygens (including phenoxy) is 1. The van der Waals surface area contributed by atoms with Crippen LogP contribution in [0.25, 0.3) is 0 Å². The summed E-state index contributed by atoms with van der Waals surface area (Å²) < 4.78 is 6.08. The van der Waals surface area contributed by atoms with Gasteiger partial charge in [-0.1, -0.05) is 41.0 Å². The lowest BCUT2D eigenvalue weighted by molar-refractivity contribution is -0.288. The Morgan fingerprint density at radius 3 is 2.26 bits per heavy atom. The van der Waals surface area contributed by atoms with Crippen LogP contribution in [0, 0.1) is 34.5 Å². The first-order valence-electron chi connectivity index (χ1n) is 8.07. The Hall–Kier alpha value is -0.0800. The van der Waals surface area contributed by atoms with Gasteiger partial charge >= 0.3 is 0 Å². The van der Waals surface area contributed by atoms with Crippen LogP contribution in [0.3, 0.4) is 0 Å². The first-order chi connectivity index (χ1) is 8.73. The highest BCUT2D eigenvalue weighted by Crippen LogP contribution is 2.65. The second kappa shape index (κ2) is 4.21. The zero-order chi connectivity index (χ0) is 14.0. The third-order valence-electron chi connectivity index (χ3n) is 6.95. The van der Waals surface area contributed by atoms with Crippen LogP contribution in [-0.4, -0.2) is 17.5 Å². The Morgan fingerprint density at radius 2 is 1.63 bits per heavy atom. The SMILES string of the molecule is CC(C)(C)C(C)(C)C(O)OC1CC2C3CCCC3C12. The molecular weight excluding hydrogens is 236 g/mol. The molecule has 6 unspecified atom stereocenters. The summed E-state index contributed by atoms with van der Waals surface area (Å²) in [6, 6.07) is 0. The standard InChI is InChI=1S/C17H30O2/c1-16(2,3)17(4,5)15(18)19-13-9-12-10-7-6-8-11(10)14(12)13/h10-15,18H,6-9H2,1-5H3. The summed E-state index contributed by atoms with van der Waals surface area (Å²) in [4.78, 5) is 0. The highest BCUT2D eigenvalue weighted by Gasteiger charge is 2.62. The van der Waals surface area contributed by atoms with Gasteiger partial charge in [0.2, 0.25) is 0 Å². The van der Waals surface area contributed by atoms with E-state index in [1.54, 1.807) is 0 Å². The van der Waals surface area contributed by atoms with E-state index in [0.29, 0.717) is 6.10 Å². The molecule has 0 aromatic rings. The molecule has 3 aliphatic rings. The molecule has 6 atom stereocenters. The second-order valence-electron chi connectivity index (χ2n) is 8.73. The predicted molar refractivity (Wildman–Crippen MR) is 76.5 cm³/mol. The molecule has 0 amide bonds. The minimum Gasteiger partial charge on any atom is -0.367 e. The van der Waals surface area contributed by atoms with Crippen molar-refractivity contribution in [1.82, 2.24) is 0 Å². The largest absolute Gasteiger partial charge is 0.367 e. The Morgan fingerprint density at radius 1 is 1.00 bits per heavy atom. The van der Waals surface area contributed by atoms with Crippen LogP contribution in [0.1, 0.15) is 60.3 Å². The Balaban J connectivity index is 1.58. The summed E-state index contributed by atoms with van der Waals surface area (Å²) in [6.45, 7) is 10.8. The van der Waals surface area contributed by atoms with E-state index in [-0.39, 0.29) is 10.8 Å². The average molecular weight is 266 g/mol. The van der Waals surface area contributed by atoms with E-state index in [4.69, 9.17) is 4.74 Å². The molecule has 3 saturated carbocycles. The van der Waals surface area contributed by atoms with E-state index in [1.807, 2.05) is 0 Å². The van der Waals surface area contributed by atoms with Gasteiger partial charge in [0, 0.05) is 5.41 Å². The molecule has 110 valence electrons. The van der Waals surface area contributed by atoms with Crippen LogP contribution in [0.4, 0.5) is 0 Å². The fourth-order valence-electron chi connectivity index (χ4n) is 4.45. The number of hydrogen-bond donors (Lipinski definition) is 1. The van der Waals surface area contributed by atoms with Crippen molar-refractivity contribution in [2.24, 2.45) is 34.5 Å². The molecule has 0 heterocycles. The van der Waals surface area contributed by atoms with Crippen molar-refractivity contribution >= 4 is 0 Å². The molecule has 3 aliphatic carbocycles. The van der Waals surface area contributed by atoms with Crippen molar-refractivity contribution < 1.29 is 9.84 Å². The summed E-state index contributed by atoms with van der Waals surface area (Å²) in [5, 5.41) is 10.5. The lowest BCUT2D eigenvalue weighted by Crippen LogP contribution is -2.62. The Kier molecular flexibility index (Phi) is 3.07. The molecule has 0 spiro atoms. The van der Waals surface area contributed by atoms with E-state index < -0.39 is 6.29 Å². The van der Waals surface area contributed by atoms with Crippen molar-refractivity contribution in [1.29, 1.82) is 0 Å². The molecule has 0 radical (unpaired) electrons. The normalized spacial score (nSPS) is 42.9. The molecule has 2 heteroatoms. The fraction of sp³-hybridized carbons (Fsp3) is 1.00.